The van der Waals surface area contributed by atoms with Gasteiger partial charge in [-0.1, -0.05) is 34.9 Å². The van der Waals surface area contributed by atoms with Gasteiger partial charge in [0.05, 0.1) is 12.1 Å². The Labute approximate surface area is 153 Å². The number of hydrogen-bond acceptors (Lipinski definition) is 4. The lowest BCUT2D eigenvalue weighted by Crippen LogP contribution is -2.20. The lowest BCUT2D eigenvalue weighted by molar-refractivity contribution is -0.116. The van der Waals surface area contributed by atoms with Crippen LogP contribution in [0.5, 0.6) is 0 Å². The Hall–Kier alpha value is -3.35. The zero-order valence-electron chi connectivity index (χ0n) is 13.5. The van der Waals surface area contributed by atoms with Gasteiger partial charge in [0, 0.05) is 21.2 Å². The summed E-state index contributed by atoms with van der Waals surface area (Å²) in [5.41, 5.74) is 9.10. The minimum Gasteiger partial charge on any atom is -0.326 e. The molecule has 2 aromatic carbocycles. The summed E-state index contributed by atoms with van der Waals surface area (Å²) in [6.45, 7) is -0.425. The number of hydrogen-bond donors (Lipinski definition) is 2. The number of halogens is 1. The molecule has 2 rings (SSSR count). The van der Waals surface area contributed by atoms with E-state index in [9.17, 15) is 14.4 Å². The molecule has 0 fully saturated rings. The number of azide groups is 1. The van der Waals surface area contributed by atoms with E-state index < -0.39 is 30.6 Å². The molecule has 0 saturated carbocycles. The second kappa shape index (κ2) is 9.22. The van der Waals surface area contributed by atoms with Crippen LogP contribution in [0.25, 0.3) is 10.4 Å². The van der Waals surface area contributed by atoms with Gasteiger partial charge in [-0.15, -0.1) is 0 Å². The molecule has 0 radical (unpaired) electrons. The molecule has 0 aliphatic rings. The van der Waals surface area contributed by atoms with Crippen LogP contribution in [0.15, 0.2) is 53.6 Å². The number of benzene rings is 2. The fourth-order valence-corrected chi connectivity index (χ4v) is 2.29. The normalized spacial score (nSPS) is 9.73. The molecular formula is C17H14ClN5O3. The molecule has 0 unspecified atom stereocenters. The zero-order chi connectivity index (χ0) is 18.9. The number of ketones is 1. The number of anilines is 2. The van der Waals surface area contributed by atoms with E-state index in [2.05, 4.69) is 20.7 Å². The van der Waals surface area contributed by atoms with Gasteiger partial charge >= 0.3 is 0 Å². The number of carbonyl (C=O) groups is 3. The highest BCUT2D eigenvalue weighted by Gasteiger charge is 2.17. The van der Waals surface area contributed by atoms with Gasteiger partial charge in [-0.05, 0) is 35.9 Å². The monoisotopic (exact) mass is 371 g/mol. The highest BCUT2D eigenvalue weighted by atomic mass is 35.5. The van der Waals surface area contributed by atoms with Crippen molar-refractivity contribution in [3.05, 3.63) is 69.6 Å². The van der Waals surface area contributed by atoms with Crippen molar-refractivity contribution in [1.82, 2.24) is 0 Å². The van der Waals surface area contributed by atoms with Gasteiger partial charge in [0.1, 0.15) is 6.54 Å². The van der Waals surface area contributed by atoms with Crippen molar-refractivity contribution in [2.75, 3.05) is 17.2 Å². The Balaban J connectivity index is 2.11. The van der Waals surface area contributed by atoms with Crippen LogP contribution in [0.4, 0.5) is 11.4 Å². The average molecular weight is 372 g/mol. The number of rotatable bonds is 7. The fraction of sp³-hybridized carbons (Fsp3) is 0.118. The molecule has 8 nitrogen and oxygen atoms in total. The molecule has 0 atom stereocenters. The highest BCUT2D eigenvalue weighted by molar-refractivity contribution is 6.31. The third kappa shape index (κ3) is 5.62. The molecule has 2 amide bonds. The quantitative estimate of drug-likeness (QED) is 0.253. The summed E-state index contributed by atoms with van der Waals surface area (Å²) in [5.74, 6) is -1.58. The van der Waals surface area contributed by atoms with Crippen molar-refractivity contribution in [3.8, 4) is 0 Å². The number of para-hydroxylation sites is 1. The van der Waals surface area contributed by atoms with Crippen molar-refractivity contribution in [2.24, 2.45) is 5.11 Å². The van der Waals surface area contributed by atoms with Gasteiger partial charge in [0.25, 0.3) is 0 Å². The zero-order valence-corrected chi connectivity index (χ0v) is 14.2. The van der Waals surface area contributed by atoms with Crippen molar-refractivity contribution in [3.63, 3.8) is 0 Å². The number of Topliss-reactive ketones (excluding diaryl/α,β-unsaturated/α-hetero) is 1. The van der Waals surface area contributed by atoms with Gasteiger partial charge in [0.15, 0.2) is 5.78 Å². The van der Waals surface area contributed by atoms with Crippen LogP contribution in [0.2, 0.25) is 5.02 Å². The molecule has 2 N–H and O–H groups in total. The average Bonchev–Trinajstić information content (AvgIpc) is 2.60. The Kier molecular flexibility index (Phi) is 6.73. The maximum absolute atomic E-state index is 12.4. The van der Waals surface area contributed by atoms with E-state index in [1.807, 2.05) is 0 Å². The summed E-state index contributed by atoms with van der Waals surface area (Å²) in [5, 5.41) is 8.51. The fourth-order valence-electron chi connectivity index (χ4n) is 2.12. The molecule has 9 heteroatoms. The van der Waals surface area contributed by atoms with E-state index in [0.717, 1.165) is 0 Å². The van der Waals surface area contributed by atoms with E-state index >= 15 is 0 Å². The van der Waals surface area contributed by atoms with Crippen LogP contribution in [-0.2, 0) is 9.59 Å². The lowest BCUT2D eigenvalue weighted by Gasteiger charge is -2.10. The van der Waals surface area contributed by atoms with Crippen LogP contribution in [-0.4, -0.2) is 24.1 Å². The molecule has 0 aromatic heterocycles. The van der Waals surface area contributed by atoms with Gasteiger partial charge < -0.3 is 10.6 Å². The standard InChI is InChI=1S/C17H14ClN5O3/c18-11-6-7-13(14(8-11)22-17(26)10-20-23-19)15(24)9-16(25)21-12-4-2-1-3-5-12/h1-8H,9-10H2,(H,21,25)(H,22,26). The molecule has 0 aliphatic carbocycles. The van der Waals surface area contributed by atoms with Crippen molar-refractivity contribution in [2.45, 2.75) is 6.42 Å². The first-order valence-electron chi connectivity index (χ1n) is 7.48. The Morgan fingerprint density at radius 1 is 1.04 bits per heavy atom. The summed E-state index contributed by atoms with van der Waals surface area (Å²) < 4.78 is 0. The maximum Gasteiger partial charge on any atom is 0.232 e. The summed E-state index contributed by atoms with van der Waals surface area (Å²) in [7, 11) is 0. The molecule has 0 aliphatic heterocycles. The Bertz CT molecular complexity index is 879. The predicted molar refractivity (Wildman–Crippen MR) is 98.1 cm³/mol. The SMILES string of the molecule is [N-]=[N+]=NCC(=O)Nc1cc(Cl)ccc1C(=O)CC(=O)Nc1ccccc1. The maximum atomic E-state index is 12.4. The second-order valence-corrected chi connectivity index (χ2v) is 5.58. The van der Waals surface area contributed by atoms with Crippen LogP contribution < -0.4 is 10.6 Å². The summed E-state index contributed by atoms with van der Waals surface area (Å²) >= 11 is 5.90. The third-order valence-electron chi connectivity index (χ3n) is 3.21. The third-order valence-corrected chi connectivity index (χ3v) is 3.45. The lowest BCUT2D eigenvalue weighted by atomic mass is 10.1. The van der Waals surface area contributed by atoms with Crippen molar-refractivity contribution >= 4 is 40.6 Å². The second-order valence-electron chi connectivity index (χ2n) is 5.14. The minimum absolute atomic E-state index is 0.131. The molecule has 132 valence electrons. The molecule has 26 heavy (non-hydrogen) atoms. The number of amides is 2. The molecule has 2 aromatic rings. The number of carbonyl (C=O) groups excluding carboxylic acids is 3. The molecular weight excluding hydrogens is 358 g/mol. The van der Waals surface area contributed by atoms with Gasteiger partial charge in [-0.2, -0.15) is 0 Å². The minimum atomic E-state index is -0.604. The number of nitrogens with one attached hydrogen (secondary N) is 2. The first-order valence-corrected chi connectivity index (χ1v) is 7.85. The largest absolute Gasteiger partial charge is 0.326 e. The van der Waals surface area contributed by atoms with Crippen molar-refractivity contribution in [1.29, 1.82) is 0 Å². The molecule has 0 spiro atoms. The van der Waals surface area contributed by atoms with Crippen LogP contribution in [0.3, 0.4) is 0 Å². The summed E-state index contributed by atoms with van der Waals surface area (Å²) in [6.07, 6.45) is -0.407. The van der Waals surface area contributed by atoms with E-state index in [-0.39, 0.29) is 11.3 Å². The van der Waals surface area contributed by atoms with E-state index in [0.29, 0.717) is 10.7 Å². The smallest absolute Gasteiger partial charge is 0.232 e. The molecule has 0 heterocycles. The van der Waals surface area contributed by atoms with Gasteiger partial charge in [-0.3, -0.25) is 14.4 Å². The Morgan fingerprint density at radius 2 is 1.77 bits per heavy atom. The van der Waals surface area contributed by atoms with Crippen LogP contribution >= 0.6 is 11.6 Å². The predicted octanol–water partition coefficient (Wildman–Crippen LogP) is 3.80. The summed E-state index contributed by atoms with van der Waals surface area (Å²) in [4.78, 5) is 38.7. The first kappa shape index (κ1) is 19.0. The van der Waals surface area contributed by atoms with Crippen molar-refractivity contribution < 1.29 is 14.4 Å². The first-order chi connectivity index (χ1) is 12.5. The van der Waals surface area contributed by atoms with Gasteiger partial charge in [-0.25, -0.2) is 0 Å². The molecule has 0 bridgehead atoms. The topological polar surface area (TPSA) is 124 Å². The van der Waals surface area contributed by atoms with E-state index in [1.165, 1.54) is 18.2 Å². The van der Waals surface area contributed by atoms with Crippen LogP contribution in [0, 0.1) is 0 Å². The number of nitrogens with zero attached hydrogens (tertiary/aromatic N) is 3. The van der Waals surface area contributed by atoms with E-state index in [1.54, 1.807) is 30.3 Å². The Morgan fingerprint density at radius 3 is 2.46 bits per heavy atom. The summed E-state index contributed by atoms with van der Waals surface area (Å²) in [6, 6.07) is 13.0. The van der Waals surface area contributed by atoms with Gasteiger partial charge in [0.2, 0.25) is 11.8 Å². The van der Waals surface area contributed by atoms with Crippen LogP contribution in [0.1, 0.15) is 16.8 Å². The van der Waals surface area contributed by atoms with E-state index in [4.69, 9.17) is 17.1 Å². The highest BCUT2D eigenvalue weighted by Crippen LogP contribution is 2.23. The molecule has 0 saturated heterocycles.